The number of carbonyl (C=O) groups excluding carboxylic acids is 3. The highest BCUT2D eigenvalue weighted by molar-refractivity contribution is 6.44. The maximum absolute atomic E-state index is 11.9. The largest absolute Gasteiger partial charge is 0.490 e. The number of rotatable bonds is 9. The molecule has 10 heteroatoms. The van der Waals surface area contributed by atoms with Crippen LogP contribution in [0.15, 0.2) is 53.7 Å². The molecule has 3 aliphatic rings. The quantitative estimate of drug-likeness (QED) is 0.245. The topological polar surface area (TPSA) is 164 Å². The molecular formula is C24H28N6O4. The van der Waals surface area contributed by atoms with Crippen molar-refractivity contribution in [3.8, 4) is 5.75 Å². The van der Waals surface area contributed by atoms with Crippen molar-refractivity contribution in [2.75, 3.05) is 18.4 Å². The van der Waals surface area contributed by atoms with E-state index >= 15 is 0 Å². The van der Waals surface area contributed by atoms with E-state index in [4.69, 9.17) is 21.6 Å². The van der Waals surface area contributed by atoms with E-state index in [2.05, 4.69) is 16.9 Å². The van der Waals surface area contributed by atoms with Gasteiger partial charge in [-0.25, -0.2) is 0 Å². The average Bonchev–Trinajstić information content (AvgIpc) is 3.58. The number of benzene rings is 1. The highest BCUT2D eigenvalue weighted by Crippen LogP contribution is 2.49. The molecule has 178 valence electrons. The highest BCUT2D eigenvalue weighted by atomic mass is 16.5. The number of carbonyl (C=O) groups is 3. The number of hydrogen-bond donors (Lipinski definition) is 4. The predicted molar refractivity (Wildman–Crippen MR) is 127 cm³/mol. The van der Waals surface area contributed by atoms with Gasteiger partial charge in [-0.05, 0) is 43.9 Å². The number of ether oxygens (including phenoxy) is 1. The number of likely N-dealkylation sites (tertiary alicyclic amines) is 1. The molecule has 1 heterocycles. The Morgan fingerprint density at radius 3 is 2.56 bits per heavy atom. The lowest BCUT2D eigenvalue weighted by Crippen LogP contribution is -2.65. The Hall–Kier alpha value is -3.95. The average molecular weight is 465 g/mol. The molecule has 0 atom stereocenters. The number of amides is 3. The minimum Gasteiger partial charge on any atom is -0.490 e. The molecule has 1 aromatic carbocycles. The van der Waals surface area contributed by atoms with E-state index in [1.54, 1.807) is 23.1 Å². The minimum absolute atomic E-state index is 0.0264. The minimum atomic E-state index is -0.947. The maximum atomic E-state index is 11.9. The molecule has 0 unspecified atom stereocenters. The van der Waals surface area contributed by atoms with Crippen LogP contribution < -0.4 is 21.5 Å². The number of primary amides is 1. The van der Waals surface area contributed by atoms with Gasteiger partial charge < -0.3 is 26.4 Å². The summed E-state index contributed by atoms with van der Waals surface area (Å²) < 4.78 is 6.08. The van der Waals surface area contributed by atoms with Crippen LogP contribution in [0.25, 0.3) is 0 Å². The molecule has 4 rings (SSSR count). The van der Waals surface area contributed by atoms with E-state index < -0.39 is 11.6 Å². The molecule has 6 N–H and O–H groups in total. The number of nitrogens with one attached hydrogen (secondary N) is 2. The van der Waals surface area contributed by atoms with Crippen LogP contribution in [0.1, 0.15) is 25.7 Å². The summed E-state index contributed by atoms with van der Waals surface area (Å²) in [5, 5.41) is 10.9. The van der Waals surface area contributed by atoms with Crippen molar-refractivity contribution in [2.24, 2.45) is 27.8 Å². The van der Waals surface area contributed by atoms with Crippen LogP contribution in [-0.2, 0) is 14.4 Å². The van der Waals surface area contributed by atoms with Crippen molar-refractivity contribution in [2.45, 2.75) is 31.8 Å². The van der Waals surface area contributed by atoms with E-state index in [1.165, 1.54) is 12.2 Å². The molecule has 2 aliphatic carbocycles. The fraction of sp³-hybridized carbons (Fsp3) is 0.375. The van der Waals surface area contributed by atoms with Crippen molar-refractivity contribution in [3.63, 3.8) is 0 Å². The fourth-order valence-corrected chi connectivity index (χ4v) is 4.32. The smallest absolute Gasteiger partial charge is 0.268 e. The van der Waals surface area contributed by atoms with E-state index in [1.807, 2.05) is 6.07 Å². The van der Waals surface area contributed by atoms with Crippen LogP contribution >= 0.6 is 0 Å². The molecule has 10 nitrogen and oxygen atoms in total. The third kappa shape index (κ3) is 5.16. The molecule has 2 saturated carbocycles. The van der Waals surface area contributed by atoms with Gasteiger partial charge in [-0.15, -0.1) is 0 Å². The number of hydrogen-bond acceptors (Lipinski definition) is 6. The lowest BCUT2D eigenvalue weighted by molar-refractivity contribution is -0.155. The first-order valence-electron chi connectivity index (χ1n) is 11.1. The zero-order valence-corrected chi connectivity index (χ0v) is 18.8. The SMILES string of the molecule is C=CC(=O)N1CC2(CC(Oc3cccc(N/C(=C/C(N)=NC(=O)C4CC4)C(=N)C(N)=O)c3)C2)C1. The van der Waals surface area contributed by atoms with Gasteiger partial charge in [0.2, 0.25) is 5.91 Å². The molecule has 0 radical (unpaired) electrons. The summed E-state index contributed by atoms with van der Waals surface area (Å²) >= 11 is 0. The molecule has 0 aromatic heterocycles. The second-order valence-corrected chi connectivity index (χ2v) is 9.15. The first-order valence-corrected chi connectivity index (χ1v) is 11.1. The lowest BCUT2D eigenvalue weighted by Gasteiger charge is -2.58. The summed E-state index contributed by atoms with van der Waals surface area (Å²) in [5.41, 5.74) is 11.4. The van der Waals surface area contributed by atoms with Gasteiger partial charge in [0.1, 0.15) is 23.4 Å². The number of aliphatic imine (C=N–C) groups is 1. The number of amidine groups is 1. The molecule has 34 heavy (non-hydrogen) atoms. The summed E-state index contributed by atoms with van der Waals surface area (Å²) in [7, 11) is 0. The number of nitrogens with two attached hydrogens (primary N) is 2. The van der Waals surface area contributed by atoms with Crippen LogP contribution in [0, 0.1) is 16.7 Å². The number of anilines is 1. The van der Waals surface area contributed by atoms with Crippen molar-refractivity contribution in [3.05, 3.63) is 48.7 Å². The van der Waals surface area contributed by atoms with E-state index in [-0.39, 0.29) is 40.8 Å². The van der Waals surface area contributed by atoms with Crippen molar-refractivity contribution in [1.29, 1.82) is 5.41 Å². The Balaban J connectivity index is 1.39. The molecule has 1 saturated heterocycles. The molecule has 1 aliphatic heterocycles. The maximum Gasteiger partial charge on any atom is 0.268 e. The van der Waals surface area contributed by atoms with Crippen molar-refractivity contribution in [1.82, 2.24) is 4.90 Å². The van der Waals surface area contributed by atoms with Crippen molar-refractivity contribution >= 4 is 35.0 Å². The predicted octanol–water partition coefficient (Wildman–Crippen LogP) is 1.34. The normalized spacial score (nSPS) is 19.6. The second kappa shape index (κ2) is 9.12. The fourth-order valence-electron chi connectivity index (χ4n) is 4.32. The second-order valence-electron chi connectivity index (χ2n) is 9.15. The van der Waals surface area contributed by atoms with Gasteiger partial charge in [0.15, 0.2) is 0 Å². The van der Waals surface area contributed by atoms with Gasteiger partial charge >= 0.3 is 0 Å². The van der Waals surface area contributed by atoms with Crippen LogP contribution in [0.4, 0.5) is 5.69 Å². The summed E-state index contributed by atoms with van der Waals surface area (Å²) in [6, 6.07) is 7.08. The van der Waals surface area contributed by atoms with Crippen LogP contribution in [-0.4, -0.2) is 53.4 Å². The Labute approximate surface area is 197 Å². The number of nitrogens with zero attached hydrogens (tertiary/aromatic N) is 2. The lowest BCUT2D eigenvalue weighted by atomic mass is 9.61. The van der Waals surface area contributed by atoms with Crippen molar-refractivity contribution < 1.29 is 19.1 Å². The zero-order valence-electron chi connectivity index (χ0n) is 18.8. The summed E-state index contributed by atoms with van der Waals surface area (Å²) in [4.78, 5) is 40.7. The molecule has 1 aromatic rings. The Bertz CT molecular complexity index is 1110. The molecular weight excluding hydrogens is 436 g/mol. The summed E-state index contributed by atoms with van der Waals surface area (Å²) in [6.07, 6.45) is 5.96. The van der Waals surface area contributed by atoms with E-state index in [0.717, 1.165) is 38.8 Å². The third-order valence-electron chi connectivity index (χ3n) is 6.25. The molecule has 1 spiro atoms. The highest BCUT2D eigenvalue weighted by Gasteiger charge is 2.54. The van der Waals surface area contributed by atoms with Gasteiger partial charge in [-0.3, -0.25) is 19.8 Å². The summed E-state index contributed by atoms with van der Waals surface area (Å²) in [6.45, 7) is 4.98. The molecule has 3 fully saturated rings. The first-order chi connectivity index (χ1) is 16.2. The van der Waals surface area contributed by atoms with Gasteiger partial charge in [0.05, 0.1) is 5.70 Å². The zero-order chi connectivity index (χ0) is 24.5. The van der Waals surface area contributed by atoms with Gasteiger partial charge in [0.25, 0.3) is 11.8 Å². The van der Waals surface area contributed by atoms with Gasteiger partial charge in [-0.2, -0.15) is 4.99 Å². The Morgan fingerprint density at radius 2 is 1.94 bits per heavy atom. The first kappa shape index (κ1) is 23.2. The van der Waals surface area contributed by atoms with Crippen LogP contribution in [0.5, 0.6) is 5.75 Å². The van der Waals surface area contributed by atoms with Gasteiger partial charge in [0, 0.05) is 42.3 Å². The Kier molecular flexibility index (Phi) is 6.23. The van der Waals surface area contributed by atoms with E-state index in [9.17, 15) is 14.4 Å². The van der Waals surface area contributed by atoms with E-state index in [0.29, 0.717) is 11.4 Å². The standard InChI is InChI=1S/C24H28N6O4/c1-2-20(31)30-12-24(13-30)10-17(11-24)34-16-5-3-4-15(8-16)28-18(21(26)22(27)32)9-19(25)29-23(33)14-6-7-14/h2-5,8-9,14,17,26,28H,1,6-7,10-13H2,(H2,27,32)(H2,25,29,33)/b18-9+,26-21?. The van der Waals surface area contributed by atoms with Crippen LogP contribution in [0.3, 0.4) is 0 Å². The Morgan fingerprint density at radius 1 is 1.24 bits per heavy atom. The molecule has 0 bridgehead atoms. The third-order valence-corrected chi connectivity index (χ3v) is 6.25. The molecule has 3 amide bonds. The van der Waals surface area contributed by atoms with Crippen LogP contribution in [0.2, 0.25) is 0 Å². The van der Waals surface area contributed by atoms with Gasteiger partial charge in [-0.1, -0.05) is 12.6 Å². The monoisotopic (exact) mass is 464 g/mol. The summed E-state index contributed by atoms with van der Waals surface area (Å²) in [5.74, 6) is -0.876.